The van der Waals surface area contributed by atoms with Gasteiger partial charge in [0.2, 0.25) is 0 Å². The second kappa shape index (κ2) is 7.48. The minimum absolute atomic E-state index is 0.0685. The Kier molecular flexibility index (Phi) is 4.84. The molecule has 0 saturated heterocycles. The first-order valence-corrected chi connectivity index (χ1v) is 10.4. The predicted molar refractivity (Wildman–Crippen MR) is 111 cm³/mol. The van der Waals surface area contributed by atoms with Crippen molar-refractivity contribution in [3.63, 3.8) is 0 Å². The van der Waals surface area contributed by atoms with Crippen molar-refractivity contribution in [3.05, 3.63) is 78.1 Å². The van der Waals surface area contributed by atoms with Gasteiger partial charge in [0, 0.05) is 18.0 Å². The number of aromatic nitrogens is 1. The highest BCUT2D eigenvalue weighted by Gasteiger charge is 2.34. The molecule has 1 aromatic heterocycles. The second-order valence-corrected chi connectivity index (χ2v) is 8.23. The molecule has 2 heterocycles. The molecule has 9 nitrogen and oxygen atoms in total. The fourth-order valence-corrected chi connectivity index (χ4v) is 4.15. The van der Waals surface area contributed by atoms with Gasteiger partial charge in [-0.25, -0.2) is 17.9 Å². The number of hydrogen-bond acceptors (Lipinski definition) is 6. The number of hydrogen-bond donors (Lipinski definition) is 3. The van der Waals surface area contributed by atoms with Crippen molar-refractivity contribution < 1.29 is 18.0 Å². The number of nitrogens with two attached hydrogens (primary N) is 1. The summed E-state index contributed by atoms with van der Waals surface area (Å²) in [5, 5.41) is 2.74. The summed E-state index contributed by atoms with van der Waals surface area (Å²) < 4.78 is 26.2. The number of amides is 3. The van der Waals surface area contributed by atoms with Crippen molar-refractivity contribution in [2.24, 2.45) is 0 Å². The van der Waals surface area contributed by atoms with E-state index < -0.39 is 16.1 Å². The normalized spacial score (nSPS) is 14.5. The number of carbonyl (C=O) groups is 2. The summed E-state index contributed by atoms with van der Waals surface area (Å²) in [6.45, 7) is 0.117. The first-order chi connectivity index (χ1) is 14.3. The summed E-state index contributed by atoms with van der Waals surface area (Å²) >= 11 is 0. The smallest absolute Gasteiger partial charge is 0.336 e. The third kappa shape index (κ3) is 3.67. The van der Waals surface area contributed by atoms with Gasteiger partial charge in [-0.15, -0.1) is 0 Å². The van der Waals surface area contributed by atoms with Crippen LogP contribution in [0.3, 0.4) is 0 Å². The van der Waals surface area contributed by atoms with Gasteiger partial charge in [-0.3, -0.25) is 14.7 Å². The maximum Gasteiger partial charge on any atom is 0.336 e. The average molecular weight is 423 g/mol. The molecule has 0 saturated carbocycles. The molecule has 0 atom stereocenters. The molecule has 0 radical (unpaired) electrons. The summed E-state index contributed by atoms with van der Waals surface area (Å²) in [5.41, 5.74) is 8.19. The van der Waals surface area contributed by atoms with E-state index in [0.29, 0.717) is 22.5 Å². The lowest BCUT2D eigenvalue weighted by molar-refractivity contribution is 0.102. The molecule has 1 aliphatic rings. The van der Waals surface area contributed by atoms with Crippen LogP contribution in [0.2, 0.25) is 0 Å². The summed E-state index contributed by atoms with van der Waals surface area (Å²) in [7, 11) is -3.93. The molecule has 0 aliphatic carbocycles. The number of pyridine rings is 1. The van der Waals surface area contributed by atoms with E-state index in [0.717, 1.165) is 0 Å². The molecule has 0 fully saturated rings. The lowest BCUT2D eigenvalue weighted by Gasteiger charge is -2.29. The van der Waals surface area contributed by atoms with Crippen LogP contribution < -0.4 is 20.7 Å². The number of nitrogen functional groups attached to an aromatic ring is 1. The summed E-state index contributed by atoms with van der Waals surface area (Å²) in [4.78, 5) is 29.8. The van der Waals surface area contributed by atoms with E-state index in [1.54, 1.807) is 48.5 Å². The molecule has 4 N–H and O–H groups in total. The van der Waals surface area contributed by atoms with Gasteiger partial charge in [-0.1, -0.05) is 24.3 Å². The van der Waals surface area contributed by atoms with Gasteiger partial charge in [0.15, 0.2) is 0 Å². The quantitative estimate of drug-likeness (QED) is 0.551. The van der Waals surface area contributed by atoms with Crippen LogP contribution in [0.1, 0.15) is 15.9 Å². The van der Waals surface area contributed by atoms with Crippen LogP contribution in [-0.2, 0) is 16.6 Å². The maximum absolute atomic E-state index is 12.4. The molecule has 3 amide bonds. The van der Waals surface area contributed by atoms with Crippen molar-refractivity contribution >= 4 is 39.0 Å². The van der Waals surface area contributed by atoms with Crippen LogP contribution in [0.4, 0.5) is 21.9 Å². The Morgan fingerprint density at radius 3 is 2.57 bits per heavy atom. The van der Waals surface area contributed by atoms with Gasteiger partial charge in [-0.2, -0.15) is 0 Å². The van der Waals surface area contributed by atoms with Crippen molar-refractivity contribution in [2.75, 3.05) is 16.0 Å². The molecular weight excluding hydrogens is 406 g/mol. The molecule has 0 unspecified atom stereocenters. The summed E-state index contributed by atoms with van der Waals surface area (Å²) in [5.74, 6) is -0.322. The topological polar surface area (TPSA) is 134 Å². The first kappa shape index (κ1) is 19.4. The largest absolute Gasteiger partial charge is 0.397 e. The number of anilines is 3. The van der Waals surface area contributed by atoms with Crippen LogP contribution in [0.5, 0.6) is 0 Å². The van der Waals surface area contributed by atoms with Gasteiger partial charge in [0.25, 0.3) is 15.9 Å². The van der Waals surface area contributed by atoms with E-state index in [4.69, 9.17) is 5.73 Å². The third-order valence-corrected chi connectivity index (χ3v) is 5.91. The highest BCUT2D eigenvalue weighted by atomic mass is 32.2. The molecule has 3 aromatic rings. The van der Waals surface area contributed by atoms with Gasteiger partial charge >= 0.3 is 6.03 Å². The number of sulfonamides is 1. The van der Waals surface area contributed by atoms with Crippen LogP contribution in [0.15, 0.2) is 71.9 Å². The highest BCUT2D eigenvalue weighted by molar-refractivity contribution is 7.90. The Balaban J connectivity index is 1.53. The fourth-order valence-electron chi connectivity index (χ4n) is 3.04. The zero-order chi connectivity index (χ0) is 21.3. The number of rotatable bonds is 4. The van der Waals surface area contributed by atoms with Crippen LogP contribution in [-0.4, -0.2) is 25.3 Å². The highest BCUT2D eigenvalue weighted by Crippen LogP contribution is 2.29. The molecule has 10 heteroatoms. The van der Waals surface area contributed by atoms with Gasteiger partial charge in [0.1, 0.15) is 4.90 Å². The van der Waals surface area contributed by atoms with Crippen LogP contribution in [0.25, 0.3) is 0 Å². The second-order valence-electron chi connectivity index (χ2n) is 6.58. The zero-order valence-corrected chi connectivity index (χ0v) is 16.4. The Morgan fingerprint density at radius 1 is 1.10 bits per heavy atom. The predicted octanol–water partition coefficient (Wildman–Crippen LogP) is 2.33. The Labute approximate surface area is 172 Å². The van der Waals surface area contributed by atoms with Crippen LogP contribution in [0, 0.1) is 0 Å². The Hall–Kier alpha value is -3.92. The van der Waals surface area contributed by atoms with E-state index in [9.17, 15) is 18.0 Å². The molecule has 4 rings (SSSR count). The van der Waals surface area contributed by atoms with E-state index in [-0.39, 0.29) is 23.0 Å². The van der Waals surface area contributed by atoms with Gasteiger partial charge in [-0.05, 0) is 35.9 Å². The number of urea groups is 1. The fraction of sp³-hybridized carbons (Fsp3) is 0.0500. The van der Waals surface area contributed by atoms with E-state index in [2.05, 4.69) is 10.3 Å². The van der Waals surface area contributed by atoms with E-state index in [1.807, 2.05) is 4.72 Å². The molecule has 1 aliphatic heterocycles. The number of nitrogens with zero attached hydrogens (tertiary/aromatic N) is 2. The monoisotopic (exact) mass is 423 g/mol. The Morgan fingerprint density at radius 2 is 1.83 bits per heavy atom. The van der Waals surface area contributed by atoms with Crippen molar-refractivity contribution in [3.8, 4) is 0 Å². The SMILES string of the molecule is Nc1ccccc1NC(=O)c1ccc(CN2C(=O)NS(=O)(=O)c3cnccc32)cc1. The lowest BCUT2D eigenvalue weighted by atomic mass is 10.1. The van der Waals surface area contributed by atoms with Crippen molar-refractivity contribution in [1.82, 2.24) is 9.71 Å². The molecule has 2 aromatic carbocycles. The number of fused-ring (bicyclic) bond motifs is 1. The summed E-state index contributed by atoms with van der Waals surface area (Å²) in [6, 6.07) is 14.3. The first-order valence-electron chi connectivity index (χ1n) is 8.88. The molecule has 30 heavy (non-hydrogen) atoms. The zero-order valence-electron chi connectivity index (χ0n) is 15.6. The molecule has 152 valence electrons. The number of nitrogens with one attached hydrogen (secondary N) is 2. The minimum Gasteiger partial charge on any atom is -0.397 e. The number of para-hydroxylation sites is 2. The van der Waals surface area contributed by atoms with Gasteiger partial charge < -0.3 is 11.1 Å². The van der Waals surface area contributed by atoms with Crippen molar-refractivity contribution in [1.29, 1.82) is 0 Å². The molecule has 0 bridgehead atoms. The third-order valence-electron chi connectivity index (χ3n) is 4.58. The number of carbonyl (C=O) groups excluding carboxylic acids is 2. The minimum atomic E-state index is -3.93. The lowest BCUT2D eigenvalue weighted by Crippen LogP contribution is -2.47. The van der Waals surface area contributed by atoms with Gasteiger partial charge in [0.05, 0.1) is 23.6 Å². The maximum atomic E-state index is 12.4. The average Bonchev–Trinajstić information content (AvgIpc) is 2.73. The van der Waals surface area contributed by atoms with Crippen LogP contribution >= 0.6 is 0 Å². The number of benzene rings is 2. The van der Waals surface area contributed by atoms with E-state index >= 15 is 0 Å². The summed E-state index contributed by atoms with van der Waals surface area (Å²) in [6.07, 6.45) is 2.61. The standard InChI is InChI=1S/C20H17N5O4S/c21-15-3-1-2-4-16(15)23-19(26)14-7-5-13(6-8-14)12-25-17-9-10-22-11-18(17)30(28,29)24-20(25)27/h1-11H,12,21H2,(H,23,26)(H,24,27). The van der Waals surface area contributed by atoms with Crippen molar-refractivity contribution in [2.45, 2.75) is 11.4 Å². The Bertz CT molecular complexity index is 1240. The molecule has 0 spiro atoms. The van der Waals surface area contributed by atoms with E-state index in [1.165, 1.54) is 23.4 Å². The molecular formula is C20H17N5O4S.